The van der Waals surface area contributed by atoms with Crippen molar-refractivity contribution in [2.24, 2.45) is 0 Å². The lowest BCUT2D eigenvalue weighted by atomic mass is 10.3. The summed E-state index contributed by atoms with van der Waals surface area (Å²) < 4.78 is 2.14. The standard InChI is InChI=1S/C17H19N3S/c1-13-4-7-17-18-14(11-20(17)9-13)10-19(15-5-6-15)12-16-3-2-8-21-16/h2-4,7-9,11,15H,5-6,10,12H2,1H3. The first kappa shape index (κ1) is 13.0. The predicted octanol–water partition coefficient (Wildman–Crippen LogP) is 3.87. The van der Waals surface area contributed by atoms with Gasteiger partial charge in [0.25, 0.3) is 0 Å². The number of aromatic nitrogens is 2. The summed E-state index contributed by atoms with van der Waals surface area (Å²) in [5.41, 5.74) is 3.48. The van der Waals surface area contributed by atoms with Gasteiger partial charge in [0, 0.05) is 36.4 Å². The maximum Gasteiger partial charge on any atom is 0.137 e. The molecule has 4 rings (SSSR count). The van der Waals surface area contributed by atoms with Crippen molar-refractivity contribution in [2.45, 2.75) is 38.9 Å². The van der Waals surface area contributed by atoms with Gasteiger partial charge in [-0.3, -0.25) is 4.90 Å². The summed E-state index contributed by atoms with van der Waals surface area (Å²) in [5, 5.41) is 2.16. The van der Waals surface area contributed by atoms with Gasteiger partial charge in [0.15, 0.2) is 0 Å². The SMILES string of the molecule is Cc1ccc2nc(CN(Cc3cccs3)C3CC3)cn2c1. The first-order valence-corrected chi connectivity index (χ1v) is 8.36. The molecule has 3 nitrogen and oxygen atoms in total. The summed E-state index contributed by atoms with van der Waals surface area (Å²) in [7, 11) is 0. The molecule has 1 saturated carbocycles. The van der Waals surface area contributed by atoms with Gasteiger partial charge >= 0.3 is 0 Å². The van der Waals surface area contributed by atoms with Gasteiger partial charge in [0.05, 0.1) is 5.69 Å². The molecule has 1 fully saturated rings. The zero-order valence-electron chi connectivity index (χ0n) is 12.2. The van der Waals surface area contributed by atoms with Crippen molar-refractivity contribution in [3.05, 3.63) is 58.2 Å². The Bertz CT molecular complexity index is 741. The lowest BCUT2D eigenvalue weighted by Gasteiger charge is -2.19. The third-order valence-electron chi connectivity index (χ3n) is 4.02. The topological polar surface area (TPSA) is 20.5 Å². The van der Waals surface area contributed by atoms with Gasteiger partial charge in [-0.2, -0.15) is 0 Å². The number of hydrogen-bond donors (Lipinski definition) is 0. The van der Waals surface area contributed by atoms with Crippen molar-refractivity contribution in [1.82, 2.24) is 14.3 Å². The molecule has 0 unspecified atom stereocenters. The summed E-state index contributed by atoms with van der Waals surface area (Å²) in [6, 6.07) is 9.33. The van der Waals surface area contributed by atoms with Gasteiger partial charge in [0.2, 0.25) is 0 Å². The van der Waals surface area contributed by atoms with E-state index in [0.717, 1.165) is 24.8 Å². The van der Waals surface area contributed by atoms with E-state index >= 15 is 0 Å². The van der Waals surface area contributed by atoms with Crippen LogP contribution in [0.25, 0.3) is 5.65 Å². The molecule has 1 aliphatic carbocycles. The first-order chi connectivity index (χ1) is 10.3. The molecule has 0 spiro atoms. The number of thiophene rings is 1. The second kappa shape index (κ2) is 5.28. The van der Waals surface area contributed by atoms with Crippen LogP contribution in [-0.4, -0.2) is 20.3 Å². The Morgan fingerprint density at radius 3 is 2.90 bits per heavy atom. The Kier molecular flexibility index (Phi) is 3.28. The normalized spacial score (nSPS) is 15.1. The maximum atomic E-state index is 4.76. The summed E-state index contributed by atoms with van der Waals surface area (Å²) in [4.78, 5) is 8.77. The lowest BCUT2D eigenvalue weighted by molar-refractivity contribution is 0.245. The molecular formula is C17H19N3S. The summed E-state index contributed by atoms with van der Waals surface area (Å²) in [6.45, 7) is 4.12. The number of fused-ring (bicyclic) bond motifs is 1. The second-order valence-corrected chi connectivity index (χ2v) is 6.95. The minimum Gasteiger partial charge on any atom is -0.307 e. The molecule has 0 saturated heterocycles. The Labute approximate surface area is 128 Å². The highest BCUT2D eigenvalue weighted by Crippen LogP contribution is 2.30. The van der Waals surface area contributed by atoms with Gasteiger partial charge in [-0.25, -0.2) is 4.98 Å². The van der Waals surface area contributed by atoms with E-state index in [-0.39, 0.29) is 0 Å². The highest BCUT2D eigenvalue weighted by molar-refractivity contribution is 7.09. The van der Waals surface area contributed by atoms with Crippen molar-refractivity contribution < 1.29 is 0 Å². The first-order valence-electron chi connectivity index (χ1n) is 7.48. The number of pyridine rings is 1. The summed E-state index contributed by atoms with van der Waals surface area (Å²) >= 11 is 1.85. The van der Waals surface area contributed by atoms with Crippen LogP contribution >= 0.6 is 11.3 Å². The van der Waals surface area contributed by atoms with Crippen molar-refractivity contribution in [2.75, 3.05) is 0 Å². The van der Waals surface area contributed by atoms with Crippen molar-refractivity contribution in [3.63, 3.8) is 0 Å². The van der Waals surface area contributed by atoms with E-state index in [1.807, 2.05) is 11.3 Å². The van der Waals surface area contributed by atoms with Gasteiger partial charge < -0.3 is 4.40 Å². The molecule has 3 aromatic rings. The van der Waals surface area contributed by atoms with Crippen LogP contribution in [0.4, 0.5) is 0 Å². The van der Waals surface area contributed by atoms with E-state index in [0.29, 0.717) is 0 Å². The molecule has 0 atom stereocenters. The lowest BCUT2D eigenvalue weighted by Crippen LogP contribution is -2.24. The van der Waals surface area contributed by atoms with Crippen molar-refractivity contribution in [3.8, 4) is 0 Å². The zero-order valence-corrected chi connectivity index (χ0v) is 13.0. The molecule has 0 N–H and O–H groups in total. The monoisotopic (exact) mass is 297 g/mol. The highest BCUT2D eigenvalue weighted by atomic mass is 32.1. The van der Waals surface area contributed by atoms with Crippen LogP contribution in [0.5, 0.6) is 0 Å². The molecule has 0 aromatic carbocycles. The van der Waals surface area contributed by atoms with Crippen LogP contribution in [0.1, 0.15) is 29.0 Å². The van der Waals surface area contributed by atoms with Crippen LogP contribution in [-0.2, 0) is 13.1 Å². The fourth-order valence-electron chi connectivity index (χ4n) is 2.80. The number of nitrogens with zero attached hydrogens (tertiary/aromatic N) is 3. The van der Waals surface area contributed by atoms with Crippen LogP contribution in [0.15, 0.2) is 42.0 Å². The van der Waals surface area contributed by atoms with Crippen LogP contribution in [0.2, 0.25) is 0 Å². The molecule has 1 aliphatic rings. The predicted molar refractivity (Wildman–Crippen MR) is 86.5 cm³/mol. The maximum absolute atomic E-state index is 4.76. The van der Waals surface area contributed by atoms with Gasteiger partial charge in [-0.05, 0) is 42.8 Å². The molecule has 108 valence electrons. The molecule has 0 aliphatic heterocycles. The van der Waals surface area contributed by atoms with E-state index in [4.69, 9.17) is 4.98 Å². The molecular weight excluding hydrogens is 278 g/mol. The van der Waals surface area contributed by atoms with E-state index < -0.39 is 0 Å². The minimum absolute atomic E-state index is 0.749. The molecule has 3 aromatic heterocycles. The molecule has 3 heterocycles. The Morgan fingerprint density at radius 1 is 1.24 bits per heavy atom. The Hall–Kier alpha value is -1.65. The average molecular weight is 297 g/mol. The van der Waals surface area contributed by atoms with E-state index in [9.17, 15) is 0 Å². The van der Waals surface area contributed by atoms with E-state index in [1.165, 1.54) is 29.0 Å². The number of aryl methyl sites for hydroxylation is 1. The number of hydrogen-bond acceptors (Lipinski definition) is 3. The molecule has 4 heteroatoms. The molecule has 0 bridgehead atoms. The summed E-state index contributed by atoms with van der Waals surface area (Å²) in [5.74, 6) is 0. The van der Waals surface area contributed by atoms with Crippen LogP contribution in [0, 0.1) is 6.92 Å². The zero-order chi connectivity index (χ0) is 14.2. The fraction of sp³-hybridized carbons (Fsp3) is 0.353. The van der Waals surface area contributed by atoms with Gasteiger partial charge in [-0.15, -0.1) is 11.3 Å². The third kappa shape index (κ3) is 2.87. The second-order valence-electron chi connectivity index (χ2n) is 5.92. The van der Waals surface area contributed by atoms with E-state index in [1.54, 1.807) is 0 Å². The van der Waals surface area contributed by atoms with Crippen molar-refractivity contribution >= 4 is 17.0 Å². The molecule has 0 amide bonds. The van der Waals surface area contributed by atoms with E-state index in [2.05, 4.69) is 58.3 Å². The number of rotatable bonds is 5. The average Bonchev–Trinajstić information content (AvgIpc) is 3.04. The largest absolute Gasteiger partial charge is 0.307 e. The molecule has 0 radical (unpaired) electrons. The minimum atomic E-state index is 0.749. The molecule has 21 heavy (non-hydrogen) atoms. The summed E-state index contributed by atoms with van der Waals surface area (Å²) in [6.07, 6.45) is 6.98. The van der Waals surface area contributed by atoms with Gasteiger partial charge in [0.1, 0.15) is 5.65 Å². The quantitative estimate of drug-likeness (QED) is 0.712. The van der Waals surface area contributed by atoms with Crippen LogP contribution < -0.4 is 0 Å². The number of imidazole rings is 1. The highest BCUT2D eigenvalue weighted by Gasteiger charge is 2.29. The Balaban J connectivity index is 1.56. The Morgan fingerprint density at radius 2 is 2.14 bits per heavy atom. The smallest absolute Gasteiger partial charge is 0.137 e. The van der Waals surface area contributed by atoms with Crippen molar-refractivity contribution in [1.29, 1.82) is 0 Å². The third-order valence-corrected chi connectivity index (χ3v) is 4.88. The van der Waals surface area contributed by atoms with Gasteiger partial charge in [-0.1, -0.05) is 12.1 Å². The van der Waals surface area contributed by atoms with Crippen LogP contribution in [0.3, 0.4) is 0 Å². The fourth-order valence-corrected chi connectivity index (χ4v) is 3.53.